The smallest absolute Gasteiger partial charge is 0.251 e. The fraction of sp³-hybridized carbons (Fsp3) is 0.471. The molecule has 0 radical (unpaired) electrons. The van der Waals surface area contributed by atoms with Gasteiger partial charge < -0.3 is 20.6 Å². The third-order valence-corrected chi connectivity index (χ3v) is 4.70. The number of aliphatic hydroxyl groups is 1. The van der Waals surface area contributed by atoms with Crippen molar-refractivity contribution in [1.29, 1.82) is 0 Å². The van der Waals surface area contributed by atoms with Crippen LogP contribution in [0.25, 0.3) is 0 Å². The summed E-state index contributed by atoms with van der Waals surface area (Å²) in [6, 6.07) is 2.16. The molecule has 2 aliphatic rings. The fourth-order valence-electron chi connectivity index (χ4n) is 3.25. The molecule has 0 aliphatic carbocycles. The van der Waals surface area contributed by atoms with Crippen molar-refractivity contribution in [2.24, 2.45) is 0 Å². The second kappa shape index (κ2) is 6.44. The van der Waals surface area contributed by atoms with Crippen LogP contribution in [-0.4, -0.2) is 58.5 Å². The summed E-state index contributed by atoms with van der Waals surface area (Å²) in [6.45, 7) is 3.22. The van der Waals surface area contributed by atoms with Gasteiger partial charge in [0.05, 0.1) is 6.10 Å². The number of carbonyl (C=O) groups is 3. The summed E-state index contributed by atoms with van der Waals surface area (Å²) in [6.07, 6.45) is -0.717. The standard InChI is InChI=1S/C17H20FN3O4/c1-8-3-4-10(5-12(8)18)15(23)19-11-6-13-16(24)20-14(9(2)22)17(25)21(13)7-11/h3-5,9,11,13-14,22H,6-7H2,1-2H3,(H,19,23)(H,20,24)/t9-,11+,13+,14+/m1/s1. The predicted molar refractivity (Wildman–Crippen MR) is 86.1 cm³/mol. The maximum absolute atomic E-state index is 13.6. The molecule has 0 saturated carbocycles. The molecule has 2 fully saturated rings. The maximum atomic E-state index is 13.6. The molecule has 1 aromatic rings. The van der Waals surface area contributed by atoms with Gasteiger partial charge in [0.15, 0.2) is 0 Å². The van der Waals surface area contributed by atoms with Gasteiger partial charge in [0.25, 0.3) is 5.91 Å². The SMILES string of the molecule is Cc1ccc(C(=O)N[C@H]2C[C@H]3C(=O)N[C@@H]([C@@H](C)O)C(=O)N3C2)cc1F. The molecule has 2 saturated heterocycles. The summed E-state index contributed by atoms with van der Waals surface area (Å²) >= 11 is 0. The van der Waals surface area contributed by atoms with Crippen LogP contribution in [0.1, 0.15) is 29.3 Å². The van der Waals surface area contributed by atoms with Gasteiger partial charge in [0.1, 0.15) is 17.9 Å². The summed E-state index contributed by atoms with van der Waals surface area (Å²) in [5, 5.41) is 14.9. The molecule has 1 aromatic carbocycles. The predicted octanol–water partition coefficient (Wildman–Crippen LogP) is -0.287. The highest BCUT2D eigenvalue weighted by Gasteiger charge is 2.47. The van der Waals surface area contributed by atoms with Gasteiger partial charge in [0, 0.05) is 18.2 Å². The highest BCUT2D eigenvalue weighted by Crippen LogP contribution is 2.24. The Bertz CT molecular complexity index is 737. The minimum absolute atomic E-state index is 0.181. The number of nitrogens with zero attached hydrogens (tertiary/aromatic N) is 1. The van der Waals surface area contributed by atoms with Crippen LogP contribution in [0.2, 0.25) is 0 Å². The normalized spacial score (nSPS) is 26.9. The number of piperazine rings is 1. The van der Waals surface area contributed by atoms with Gasteiger partial charge in [-0.25, -0.2) is 4.39 Å². The average molecular weight is 349 g/mol. The van der Waals surface area contributed by atoms with Crippen LogP contribution < -0.4 is 10.6 Å². The van der Waals surface area contributed by atoms with E-state index >= 15 is 0 Å². The summed E-state index contributed by atoms with van der Waals surface area (Å²) < 4.78 is 13.6. The number of aryl methyl sites for hydroxylation is 1. The number of rotatable bonds is 3. The summed E-state index contributed by atoms with van der Waals surface area (Å²) in [5.41, 5.74) is 0.631. The zero-order valence-electron chi connectivity index (χ0n) is 14.0. The van der Waals surface area contributed by atoms with E-state index < -0.39 is 36.0 Å². The van der Waals surface area contributed by atoms with Crippen molar-refractivity contribution in [2.45, 2.75) is 44.5 Å². The van der Waals surface area contributed by atoms with E-state index in [1.54, 1.807) is 6.92 Å². The zero-order valence-corrected chi connectivity index (χ0v) is 14.0. The Labute approximate surface area is 144 Å². The number of halogens is 1. The topological polar surface area (TPSA) is 98.7 Å². The van der Waals surface area contributed by atoms with Gasteiger partial charge in [-0.2, -0.15) is 0 Å². The number of hydrogen-bond donors (Lipinski definition) is 3. The molecule has 3 rings (SSSR count). The second-order valence-corrected chi connectivity index (χ2v) is 6.60. The third-order valence-electron chi connectivity index (χ3n) is 4.70. The van der Waals surface area contributed by atoms with Gasteiger partial charge >= 0.3 is 0 Å². The molecular formula is C17H20FN3O4. The second-order valence-electron chi connectivity index (χ2n) is 6.60. The first-order valence-electron chi connectivity index (χ1n) is 8.14. The number of benzene rings is 1. The third kappa shape index (κ3) is 3.21. The van der Waals surface area contributed by atoms with E-state index in [2.05, 4.69) is 10.6 Å². The Morgan fingerprint density at radius 2 is 2.16 bits per heavy atom. The molecule has 0 spiro atoms. The van der Waals surface area contributed by atoms with Crippen LogP contribution in [0.4, 0.5) is 4.39 Å². The Kier molecular flexibility index (Phi) is 4.47. The van der Waals surface area contributed by atoms with Gasteiger partial charge in [-0.3, -0.25) is 14.4 Å². The lowest BCUT2D eigenvalue weighted by atomic mass is 10.0. The van der Waals surface area contributed by atoms with Gasteiger partial charge in [-0.05, 0) is 38.0 Å². The number of nitrogens with one attached hydrogen (secondary N) is 2. The minimum Gasteiger partial charge on any atom is -0.391 e. The molecule has 3 N–H and O–H groups in total. The molecule has 2 aliphatic heterocycles. The molecule has 3 amide bonds. The van der Waals surface area contributed by atoms with Gasteiger partial charge in [0.2, 0.25) is 11.8 Å². The Morgan fingerprint density at radius 1 is 1.44 bits per heavy atom. The van der Waals surface area contributed by atoms with Crippen molar-refractivity contribution >= 4 is 17.7 Å². The van der Waals surface area contributed by atoms with Crippen molar-refractivity contribution in [3.05, 3.63) is 35.1 Å². The lowest BCUT2D eigenvalue weighted by molar-refractivity contribution is -0.149. The average Bonchev–Trinajstić information content (AvgIpc) is 2.97. The molecule has 7 nitrogen and oxygen atoms in total. The molecule has 2 heterocycles. The van der Waals surface area contributed by atoms with Crippen LogP contribution in [-0.2, 0) is 9.59 Å². The van der Waals surface area contributed by atoms with Crippen LogP contribution in [0.15, 0.2) is 18.2 Å². The zero-order chi connectivity index (χ0) is 18.3. The summed E-state index contributed by atoms with van der Waals surface area (Å²) in [5.74, 6) is -1.63. The van der Waals surface area contributed by atoms with Gasteiger partial charge in [-0.15, -0.1) is 0 Å². The van der Waals surface area contributed by atoms with E-state index in [4.69, 9.17) is 0 Å². The highest BCUT2D eigenvalue weighted by atomic mass is 19.1. The Hall–Kier alpha value is -2.48. The molecular weight excluding hydrogens is 329 g/mol. The number of aliphatic hydroxyl groups excluding tert-OH is 1. The van der Waals surface area contributed by atoms with Crippen LogP contribution in [0, 0.1) is 12.7 Å². The number of amides is 3. The first-order chi connectivity index (χ1) is 11.8. The molecule has 0 bridgehead atoms. The van der Waals surface area contributed by atoms with E-state index in [9.17, 15) is 23.9 Å². The molecule has 4 atom stereocenters. The quantitative estimate of drug-likeness (QED) is 0.698. The summed E-state index contributed by atoms with van der Waals surface area (Å²) in [7, 11) is 0. The number of carbonyl (C=O) groups excluding carboxylic acids is 3. The lowest BCUT2D eigenvalue weighted by Gasteiger charge is -2.35. The van der Waals surface area contributed by atoms with Crippen LogP contribution in [0.5, 0.6) is 0 Å². The van der Waals surface area contributed by atoms with E-state index in [1.807, 2.05) is 0 Å². The van der Waals surface area contributed by atoms with Crippen molar-refractivity contribution in [3.63, 3.8) is 0 Å². The van der Waals surface area contributed by atoms with Crippen molar-refractivity contribution in [1.82, 2.24) is 15.5 Å². The molecule has 134 valence electrons. The maximum Gasteiger partial charge on any atom is 0.251 e. The molecule has 25 heavy (non-hydrogen) atoms. The molecule has 0 aromatic heterocycles. The summed E-state index contributed by atoms with van der Waals surface area (Å²) in [4.78, 5) is 38.2. The fourth-order valence-corrected chi connectivity index (χ4v) is 3.25. The van der Waals surface area contributed by atoms with Crippen molar-refractivity contribution in [2.75, 3.05) is 6.54 Å². The first kappa shape index (κ1) is 17.3. The van der Waals surface area contributed by atoms with E-state index in [0.717, 1.165) is 6.07 Å². The first-order valence-corrected chi connectivity index (χ1v) is 8.14. The van der Waals surface area contributed by atoms with E-state index in [1.165, 1.54) is 24.0 Å². The van der Waals surface area contributed by atoms with Crippen LogP contribution in [0.3, 0.4) is 0 Å². The monoisotopic (exact) mass is 349 g/mol. The number of fused-ring (bicyclic) bond motifs is 1. The van der Waals surface area contributed by atoms with Crippen molar-refractivity contribution < 1.29 is 23.9 Å². The highest BCUT2D eigenvalue weighted by molar-refractivity contribution is 5.98. The van der Waals surface area contributed by atoms with E-state index in [0.29, 0.717) is 5.56 Å². The van der Waals surface area contributed by atoms with Crippen LogP contribution >= 0.6 is 0 Å². The van der Waals surface area contributed by atoms with Gasteiger partial charge in [-0.1, -0.05) is 6.07 Å². The minimum atomic E-state index is -0.999. The number of hydrogen-bond acceptors (Lipinski definition) is 4. The Morgan fingerprint density at radius 3 is 2.80 bits per heavy atom. The lowest BCUT2D eigenvalue weighted by Crippen LogP contribution is -2.64. The van der Waals surface area contributed by atoms with Crippen molar-refractivity contribution in [3.8, 4) is 0 Å². The van der Waals surface area contributed by atoms with E-state index in [-0.39, 0.29) is 30.3 Å². The molecule has 0 unspecified atom stereocenters. The molecule has 8 heteroatoms. The Balaban J connectivity index is 1.70. The largest absolute Gasteiger partial charge is 0.391 e.